The SMILES string of the molecule is CN1CCOc2cccc(NCc3ccc(C4(F)COC4)cc3)c21. The van der Waals surface area contributed by atoms with Crippen LogP contribution in [0.25, 0.3) is 0 Å². The number of rotatable bonds is 4. The first-order valence-electron chi connectivity index (χ1n) is 8.23. The van der Waals surface area contributed by atoms with Gasteiger partial charge in [0, 0.05) is 13.6 Å². The Hall–Kier alpha value is -2.27. The molecule has 2 aromatic rings. The average Bonchev–Trinajstić information content (AvgIpc) is 2.58. The van der Waals surface area contributed by atoms with Gasteiger partial charge in [-0.3, -0.25) is 0 Å². The lowest BCUT2D eigenvalue weighted by molar-refractivity contribution is -0.135. The molecule has 2 aromatic carbocycles. The van der Waals surface area contributed by atoms with Gasteiger partial charge in [0.2, 0.25) is 0 Å². The number of benzene rings is 2. The highest BCUT2D eigenvalue weighted by molar-refractivity contribution is 5.77. The van der Waals surface area contributed by atoms with Crippen LogP contribution in [-0.2, 0) is 17.0 Å². The summed E-state index contributed by atoms with van der Waals surface area (Å²) in [6, 6.07) is 13.7. The van der Waals surface area contributed by atoms with E-state index in [9.17, 15) is 4.39 Å². The third kappa shape index (κ3) is 2.69. The number of nitrogens with zero attached hydrogens (tertiary/aromatic N) is 1. The number of para-hydroxylation sites is 1. The van der Waals surface area contributed by atoms with E-state index in [-0.39, 0.29) is 13.2 Å². The first kappa shape index (κ1) is 15.3. The largest absolute Gasteiger partial charge is 0.489 e. The summed E-state index contributed by atoms with van der Waals surface area (Å²) in [4.78, 5) is 2.20. The number of nitrogens with one attached hydrogen (secondary N) is 1. The van der Waals surface area contributed by atoms with Gasteiger partial charge in [-0.15, -0.1) is 0 Å². The van der Waals surface area contributed by atoms with E-state index in [0.717, 1.165) is 29.2 Å². The van der Waals surface area contributed by atoms with Crippen LogP contribution >= 0.6 is 0 Å². The van der Waals surface area contributed by atoms with Crippen molar-refractivity contribution in [2.24, 2.45) is 0 Å². The number of halogens is 1. The number of anilines is 2. The molecule has 0 unspecified atom stereocenters. The van der Waals surface area contributed by atoms with Gasteiger partial charge in [0.25, 0.3) is 0 Å². The predicted octanol–water partition coefficient (Wildman–Crippen LogP) is 3.32. The molecule has 0 saturated carbocycles. The normalized spacial score (nSPS) is 18.3. The molecule has 2 heterocycles. The molecule has 0 radical (unpaired) electrons. The molecule has 2 aliphatic rings. The Morgan fingerprint density at radius 2 is 1.96 bits per heavy atom. The van der Waals surface area contributed by atoms with E-state index in [1.54, 1.807) is 0 Å². The van der Waals surface area contributed by atoms with Gasteiger partial charge in [-0.2, -0.15) is 0 Å². The van der Waals surface area contributed by atoms with Crippen LogP contribution in [0.15, 0.2) is 42.5 Å². The van der Waals surface area contributed by atoms with Gasteiger partial charge in [-0.1, -0.05) is 30.3 Å². The topological polar surface area (TPSA) is 33.7 Å². The van der Waals surface area contributed by atoms with Crippen LogP contribution in [0.2, 0.25) is 0 Å². The lowest BCUT2D eigenvalue weighted by Gasteiger charge is -2.34. The maximum atomic E-state index is 14.3. The standard InChI is InChI=1S/C19H21FN2O2/c1-22-9-10-24-17-4-2-3-16(18(17)22)21-11-14-5-7-15(8-6-14)19(20)12-23-13-19/h2-8,21H,9-13H2,1H3. The van der Waals surface area contributed by atoms with Crippen LogP contribution in [0.4, 0.5) is 15.8 Å². The minimum absolute atomic E-state index is 0.160. The van der Waals surface area contributed by atoms with Gasteiger partial charge in [-0.05, 0) is 23.3 Å². The Balaban J connectivity index is 1.48. The Bertz CT molecular complexity index is 729. The van der Waals surface area contributed by atoms with Gasteiger partial charge < -0.3 is 19.7 Å². The van der Waals surface area contributed by atoms with Crippen molar-refractivity contribution in [2.45, 2.75) is 12.2 Å². The second-order valence-electron chi connectivity index (χ2n) is 6.43. The van der Waals surface area contributed by atoms with Crippen molar-refractivity contribution in [1.82, 2.24) is 0 Å². The second kappa shape index (κ2) is 5.98. The molecule has 0 aromatic heterocycles. The van der Waals surface area contributed by atoms with Crippen molar-refractivity contribution in [3.05, 3.63) is 53.6 Å². The lowest BCUT2D eigenvalue weighted by Crippen LogP contribution is -2.42. The summed E-state index contributed by atoms with van der Waals surface area (Å²) in [6.07, 6.45) is 0. The van der Waals surface area contributed by atoms with Crippen molar-refractivity contribution < 1.29 is 13.9 Å². The van der Waals surface area contributed by atoms with Crippen molar-refractivity contribution in [2.75, 3.05) is 43.6 Å². The molecule has 2 aliphatic heterocycles. The van der Waals surface area contributed by atoms with Crippen molar-refractivity contribution in [3.63, 3.8) is 0 Å². The fourth-order valence-electron chi connectivity index (χ4n) is 3.15. The van der Waals surface area contributed by atoms with Gasteiger partial charge in [-0.25, -0.2) is 4.39 Å². The molecule has 5 heteroatoms. The first-order chi connectivity index (χ1) is 11.7. The third-order valence-corrected chi connectivity index (χ3v) is 4.68. The minimum Gasteiger partial charge on any atom is -0.489 e. The van der Waals surface area contributed by atoms with Gasteiger partial charge >= 0.3 is 0 Å². The summed E-state index contributed by atoms with van der Waals surface area (Å²) in [5.74, 6) is 0.911. The van der Waals surface area contributed by atoms with Gasteiger partial charge in [0.1, 0.15) is 18.0 Å². The van der Waals surface area contributed by atoms with Gasteiger partial charge in [0.05, 0.1) is 25.4 Å². The molecule has 1 fully saturated rings. The number of hydrogen-bond acceptors (Lipinski definition) is 4. The number of alkyl halides is 1. The van der Waals surface area contributed by atoms with E-state index >= 15 is 0 Å². The molecule has 0 amide bonds. The molecule has 0 aliphatic carbocycles. The fourth-order valence-corrected chi connectivity index (χ4v) is 3.15. The van der Waals surface area contributed by atoms with Crippen LogP contribution in [0.1, 0.15) is 11.1 Å². The predicted molar refractivity (Wildman–Crippen MR) is 92.6 cm³/mol. The number of likely N-dealkylation sites (N-methyl/N-ethyl adjacent to an activating group) is 1. The zero-order valence-corrected chi connectivity index (χ0v) is 13.7. The Morgan fingerprint density at radius 1 is 1.17 bits per heavy atom. The molecule has 1 N–H and O–H groups in total. The molecule has 0 atom stereocenters. The molecule has 0 spiro atoms. The summed E-state index contributed by atoms with van der Waals surface area (Å²) in [5.41, 5.74) is 2.65. The highest BCUT2D eigenvalue weighted by Gasteiger charge is 2.40. The third-order valence-electron chi connectivity index (χ3n) is 4.68. The molecule has 4 nitrogen and oxygen atoms in total. The number of fused-ring (bicyclic) bond motifs is 1. The first-order valence-corrected chi connectivity index (χ1v) is 8.23. The van der Waals surface area contributed by atoms with Crippen LogP contribution in [0, 0.1) is 0 Å². The van der Waals surface area contributed by atoms with E-state index in [2.05, 4.69) is 23.3 Å². The van der Waals surface area contributed by atoms with E-state index in [4.69, 9.17) is 9.47 Å². The molecular weight excluding hydrogens is 307 g/mol. The maximum absolute atomic E-state index is 14.3. The molecule has 4 rings (SSSR count). The molecular formula is C19H21FN2O2. The summed E-state index contributed by atoms with van der Waals surface area (Å²) in [6.45, 7) is 2.59. The van der Waals surface area contributed by atoms with Crippen molar-refractivity contribution in [3.8, 4) is 5.75 Å². The minimum atomic E-state index is -1.30. The second-order valence-corrected chi connectivity index (χ2v) is 6.43. The van der Waals surface area contributed by atoms with E-state index in [1.807, 2.05) is 36.4 Å². The summed E-state index contributed by atoms with van der Waals surface area (Å²) in [5, 5.41) is 3.47. The Morgan fingerprint density at radius 3 is 2.67 bits per heavy atom. The van der Waals surface area contributed by atoms with Crippen LogP contribution in [0.5, 0.6) is 5.75 Å². The van der Waals surface area contributed by atoms with Crippen molar-refractivity contribution >= 4 is 11.4 Å². The van der Waals surface area contributed by atoms with E-state index < -0.39 is 5.67 Å². The Labute approximate surface area is 141 Å². The zero-order chi connectivity index (χ0) is 16.6. The monoisotopic (exact) mass is 328 g/mol. The van der Waals surface area contributed by atoms with Crippen molar-refractivity contribution in [1.29, 1.82) is 0 Å². The average molecular weight is 328 g/mol. The lowest BCUT2D eigenvalue weighted by atomic mass is 9.93. The highest BCUT2D eigenvalue weighted by atomic mass is 19.1. The van der Waals surface area contributed by atoms with Crippen LogP contribution in [0.3, 0.4) is 0 Å². The summed E-state index contributed by atoms with van der Waals surface area (Å²) >= 11 is 0. The maximum Gasteiger partial charge on any atom is 0.182 e. The van der Waals surface area contributed by atoms with Crippen LogP contribution in [-0.4, -0.2) is 33.4 Å². The van der Waals surface area contributed by atoms with E-state index in [0.29, 0.717) is 18.7 Å². The molecule has 24 heavy (non-hydrogen) atoms. The van der Waals surface area contributed by atoms with E-state index in [1.165, 1.54) is 0 Å². The molecule has 0 bridgehead atoms. The van der Waals surface area contributed by atoms with Gasteiger partial charge in [0.15, 0.2) is 5.67 Å². The summed E-state index contributed by atoms with van der Waals surface area (Å²) < 4.78 is 25.0. The smallest absolute Gasteiger partial charge is 0.182 e. The zero-order valence-electron chi connectivity index (χ0n) is 13.7. The quantitative estimate of drug-likeness (QED) is 0.933. The summed E-state index contributed by atoms with van der Waals surface area (Å²) in [7, 11) is 2.07. The molecule has 1 saturated heterocycles. The van der Waals surface area contributed by atoms with Crippen LogP contribution < -0.4 is 15.0 Å². The highest BCUT2D eigenvalue weighted by Crippen LogP contribution is 2.38. The molecule has 126 valence electrons. The Kier molecular flexibility index (Phi) is 3.81. The number of hydrogen-bond donors (Lipinski definition) is 1. The fraction of sp³-hybridized carbons (Fsp3) is 0.368. The number of ether oxygens (including phenoxy) is 2.